The average molecular weight is 263 g/mol. The van der Waals surface area contributed by atoms with Crippen LogP contribution in [0.5, 0.6) is 5.88 Å². The first-order valence-electron chi connectivity index (χ1n) is 6.85. The van der Waals surface area contributed by atoms with Gasteiger partial charge in [-0.15, -0.1) is 0 Å². The summed E-state index contributed by atoms with van der Waals surface area (Å²) in [5, 5.41) is 0. The van der Waals surface area contributed by atoms with Crippen LogP contribution in [0.1, 0.15) is 19.3 Å². The predicted octanol–water partition coefficient (Wildman–Crippen LogP) is 1.68. The molecule has 1 spiro atoms. The third-order valence-electron chi connectivity index (χ3n) is 4.41. The fraction of sp³-hybridized carbons (Fsp3) is 0.643. The van der Waals surface area contributed by atoms with Crippen molar-refractivity contribution in [2.24, 2.45) is 5.41 Å². The molecule has 2 N–H and O–H groups in total. The van der Waals surface area contributed by atoms with E-state index in [1.165, 1.54) is 19.3 Å². The maximum Gasteiger partial charge on any atom is 0.236 e. The van der Waals surface area contributed by atoms with E-state index >= 15 is 0 Å². The lowest BCUT2D eigenvalue weighted by molar-refractivity contribution is 0.0254. The second-order valence-electron chi connectivity index (χ2n) is 5.58. The zero-order valence-electron chi connectivity index (χ0n) is 11.4. The number of aromatic nitrogens is 1. The van der Waals surface area contributed by atoms with Gasteiger partial charge >= 0.3 is 0 Å². The van der Waals surface area contributed by atoms with Gasteiger partial charge in [0.15, 0.2) is 0 Å². The molecule has 1 aromatic heterocycles. The van der Waals surface area contributed by atoms with Gasteiger partial charge in [0.25, 0.3) is 0 Å². The molecule has 3 rings (SSSR count). The molecule has 2 saturated heterocycles. The van der Waals surface area contributed by atoms with Gasteiger partial charge in [0.2, 0.25) is 5.88 Å². The Morgan fingerprint density at radius 1 is 1.37 bits per heavy atom. The minimum Gasteiger partial charge on any atom is -0.480 e. The SMILES string of the molecule is COc1ncc(N2CCC3(CCOCC3)C2)cc1N. The summed E-state index contributed by atoms with van der Waals surface area (Å²) in [5.41, 5.74) is 8.08. The maximum absolute atomic E-state index is 5.94. The topological polar surface area (TPSA) is 60.6 Å². The highest BCUT2D eigenvalue weighted by molar-refractivity contribution is 5.59. The Morgan fingerprint density at radius 2 is 2.16 bits per heavy atom. The largest absolute Gasteiger partial charge is 0.480 e. The summed E-state index contributed by atoms with van der Waals surface area (Å²) in [5.74, 6) is 0.503. The van der Waals surface area contributed by atoms with E-state index in [2.05, 4.69) is 9.88 Å². The van der Waals surface area contributed by atoms with Gasteiger partial charge < -0.3 is 20.1 Å². The summed E-state index contributed by atoms with van der Waals surface area (Å²) in [4.78, 5) is 6.64. The molecule has 104 valence electrons. The number of nitrogens with zero attached hydrogens (tertiary/aromatic N) is 2. The molecular weight excluding hydrogens is 242 g/mol. The first-order valence-corrected chi connectivity index (χ1v) is 6.85. The molecule has 2 fully saturated rings. The van der Waals surface area contributed by atoms with Crippen LogP contribution in [-0.4, -0.2) is 38.4 Å². The number of nitrogens with two attached hydrogens (primary N) is 1. The second kappa shape index (κ2) is 4.89. The second-order valence-corrected chi connectivity index (χ2v) is 5.58. The minimum absolute atomic E-state index is 0.437. The van der Waals surface area contributed by atoms with Crippen LogP contribution < -0.4 is 15.4 Å². The van der Waals surface area contributed by atoms with E-state index < -0.39 is 0 Å². The molecule has 0 bridgehead atoms. The molecule has 5 heteroatoms. The number of hydrogen-bond donors (Lipinski definition) is 1. The Morgan fingerprint density at radius 3 is 2.84 bits per heavy atom. The zero-order chi connectivity index (χ0) is 13.3. The molecule has 0 atom stereocenters. The molecule has 0 amide bonds. The molecule has 3 heterocycles. The molecule has 5 nitrogen and oxygen atoms in total. The number of methoxy groups -OCH3 is 1. The molecule has 1 aromatic rings. The quantitative estimate of drug-likeness (QED) is 0.879. The van der Waals surface area contributed by atoms with Crippen molar-refractivity contribution in [3.63, 3.8) is 0 Å². The van der Waals surface area contributed by atoms with Gasteiger partial charge in [-0.05, 0) is 30.7 Å². The van der Waals surface area contributed by atoms with E-state index in [0.29, 0.717) is 17.0 Å². The zero-order valence-corrected chi connectivity index (χ0v) is 11.4. The molecule has 2 aliphatic rings. The Labute approximate surface area is 113 Å². The lowest BCUT2D eigenvalue weighted by Crippen LogP contribution is -2.33. The standard InChI is InChI=1S/C14H21N3O2/c1-18-13-12(15)8-11(9-16-13)17-5-2-14(10-17)3-6-19-7-4-14/h8-9H,2-7,10,15H2,1H3. The van der Waals surface area contributed by atoms with Crippen LogP contribution in [-0.2, 0) is 4.74 Å². The van der Waals surface area contributed by atoms with Gasteiger partial charge in [-0.1, -0.05) is 0 Å². The van der Waals surface area contributed by atoms with Crippen molar-refractivity contribution in [1.29, 1.82) is 0 Å². The van der Waals surface area contributed by atoms with Crippen molar-refractivity contribution in [2.45, 2.75) is 19.3 Å². The van der Waals surface area contributed by atoms with Crippen molar-refractivity contribution in [1.82, 2.24) is 4.98 Å². The summed E-state index contributed by atoms with van der Waals surface area (Å²) in [6.07, 6.45) is 5.43. The third kappa shape index (κ3) is 2.34. The lowest BCUT2D eigenvalue weighted by Gasteiger charge is -2.33. The Bertz CT molecular complexity index is 458. The number of ether oxygens (including phenoxy) is 2. The number of anilines is 2. The van der Waals surface area contributed by atoms with Gasteiger partial charge in [0, 0.05) is 26.3 Å². The summed E-state index contributed by atoms with van der Waals surface area (Å²) < 4.78 is 10.6. The fourth-order valence-electron chi connectivity index (χ4n) is 3.17. The van der Waals surface area contributed by atoms with E-state index in [0.717, 1.165) is 32.0 Å². The Hall–Kier alpha value is -1.49. The monoisotopic (exact) mass is 263 g/mol. The van der Waals surface area contributed by atoms with Crippen LogP contribution >= 0.6 is 0 Å². The van der Waals surface area contributed by atoms with Crippen LogP contribution in [0.4, 0.5) is 11.4 Å². The van der Waals surface area contributed by atoms with Gasteiger partial charge in [-0.2, -0.15) is 0 Å². The van der Waals surface area contributed by atoms with Gasteiger partial charge in [-0.25, -0.2) is 4.98 Å². The first-order chi connectivity index (χ1) is 9.22. The number of nitrogen functional groups attached to an aromatic ring is 1. The molecule has 0 radical (unpaired) electrons. The Kier molecular flexibility index (Phi) is 3.22. The predicted molar refractivity (Wildman–Crippen MR) is 74.5 cm³/mol. The lowest BCUT2D eigenvalue weighted by atomic mass is 9.80. The van der Waals surface area contributed by atoms with Crippen molar-refractivity contribution in [3.05, 3.63) is 12.3 Å². The van der Waals surface area contributed by atoms with E-state index in [1.54, 1.807) is 7.11 Å². The molecule has 2 aliphatic heterocycles. The summed E-state index contributed by atoms with van der Waals surface area (Å²) in [6, 6.07) is 1.96. The molecule has 0 aliphatic carbocycles. The van der Waals surface area contributed by atoms with Crippen LogP contribution in [0.25, 0.3) is 0 Å². The average Bonchev–Trinajstić information content (AvgIpc) is 2.83. The summed E-state index contributed by atoms with van der Waals surface area (Å²) in [6.45, 7) is 3.96. The van der Waals surface area contributed by atoms with E-state index in [1.807, 2.05) is 12.3 Å². The smallest absolute Gasteiger partial charge is 0.236 e. The normalized spacial score (nSPS) is 21.8. The van der Waals surface area contributed by atoms with Gasteiger partial charge in [0.05, 0.1) is 24.7 Å². The van der Waals surface area contributed by atoms with Gasteiger partial charge in [0.1, 0.15) is 0 Å². The van der Waals surface area contributed by atoms with E-state index in [-0.39, 0.29) is 0 Å². The minimum atomic E-state index is 0.437. The maximum atomic E-state index is 5.94. The highest BCUT2D eigenvalue weighted by Gasteiger charge is 2.39. The van der Waals surface area contributed by atoms with E-state index in [4.69, 9.17) is 15.2 Å². The van der Waals surface area contributed by atoms with Crippen LogP contribution in [0.15, 0.2) is 12.3 Å². The van der Waals surface area contributed by atoms with Crippen molar-refractivity contribution < 1.29 is 9.47 Å². The van der Waals surface area contributed by atoms with Crippen molar-refractivity contribution in [3.8, 4) is 5.88 Å². The molecule has 19 heavy (non-hydrogen) atoms. The summed E-state index contributed by atoms with van der Waals surface area (Å²) in [7, 11) is 1.59. The van der Waals surface area contributed by atoms with Crippen molar-refractivity contribution >= 4 is 11.4 Å². The fourth-order valence-corrected chi connectivity index (χ4v) is 3.17. The molecular formula is C14H21N3O2. The van der Waals surface area contributed by atoms with Crippen LogP contribution in [0, 0.1) is 5.41 Å². The third-order valence-corrected chi connectivity index (χ3v) is 4.41. The van der Waals surface area contributed by atoms with Crippen molar-refractivity contribution in [2.75, 3.05) is 44.0 Å². The van der Waals surface area contributed by atoms with Crippen LogP contribution in [0.3, 0.4) is 0 Å². The molecule has 0 saturated carbocycles. The van der Waals surface area contributed by atoms with Gasteiger partial charge in [-0.3, -0.25) is 0 Å². The molecule has 0 unspecified atom stereocenters. The molecule has 0 aromatic carbocycles. The number of hydrogen-bond acceptors (Lipinski definition) is 5. The number of rotatable bonds is 2. The highest BCUT2D eigenvalue weighted by Crippen LogP contribution is 2.41. The highest BCUT2D eigenvalue weighted by atomic mass is 16.5. The first kappa shape index (κ1) is 12.5. The van der Waals surface area contributed by atoms with E-state index in [9.17, 15) is 0 Å². The number of pyridine rings is 1. The van der Waals surface area contributed by atoms with Crippen LogP contribution in [0.2, 0.25) is 0 Å². The summed E-state index contributed by atoms with van der Waals surface area (Å²) >= 11 is 0. The Balaban J connectivity index is 1.75.